The number of rotatable bonds is 3. The number of carbonyl (C=O) groups excluding carboxylic acids is 2. The summed E-state index contributed by atoms with van der Waals surface area (Å²) < 4.78 is 0. The summed E-state index contributed by atoms with van der Waals surface area (Å²) in [4.78, 5) is 26.7. The van der Waals surface area contributed by atoms with Gasteiger partial charge >= 0.3 is 0 Å². The van der Waals surface area contributed by atoms with Crippen LogP contribution in [0.1, 0.15) is 17.5 Å². The van der Waals surface area contributed by atoms with Crippen LogP contribution in [-0.4, -0.2) is 18.4 Å². The summed E-state index contributed by atoms with van der Waals surface area (Å²) in [6, 6.07) is 13.0. The van der Waals surface area contributed by atoms with Crippen molar-refractivity contribution in [1.29, 1.82) is 0 Å². The van der Waals surface area contributed by atoms with Crippen LogP contribution in [0.25, 0.3) is 0 Å². The topological polar surface area (TPSA) is 49.4 Å². The van der Waals surface area contributed by atoms with Crippen LogP contribution < -0.4 is 10.2 Å². The van der Waals surface area contributed by atoms with Gasteiger partial charge in [0.05, 0.1) is 16.6 Å². The summed E-state index contributed by atoms with van der Waals surface area (Å²) in [6.07, 6.45) is 0.212. The highest BCUT2D eigenvalue weighted by molar-refractivity contribution is 6.33. The quantitative estimate of drug-likeness (QED) is 0.918. The van der Waals surface area contributed by atoms with Crippen molar-refractivity contribution >= 4 is 34.8 Å². The lowest BCUT2D eigenvalue weighted by Crippen LogP contribution is -2.29. The number of para-hydroxylation sites is 2. The lowest BCUT2D eigenvalue weighted by molar-refractivity contribution is -0.122. The first-order chi connectivity index (χ1) is 11.5. The molecule has 1 saturated heterocycles. The largest absolute Gasteiger partial charge is 0.324 e. The highest BCUT2D eigenvalue weighted by Crippen LogP contribution is 2.31. The molecule has 5 heteroatoms. The first-order valence-electron chi connectivity index (χ1n) is 7.89. The Kier molecular flexibility index (Phi) is 4.58. The van der Waals surface area contributed by atoms with E-state index in [2.05, 4.69) is 5.32 Å². The summed E-state index contributed by atoms with van der Waals surface area (Å²) in [5.41, 5.74) is 3.56. The molecule has 0 aromatic heterocycles. The fraction of sp³-hybridized carbons (Fsp3) is 0.263. The van der Waals surface area contributed by atoms with E-state index in [4.69, 9.17) is 11.6 Å². The predicted octanol–water partition coefficient (Wildman–Crippen LogP) is 3.95. The summed E-state index contributed by atoms with van der Waals surface area (Å²) in [5, 5.41) is 3.31. The Hall–Kier alpha value is -2.33. The fourth-order valence-electron chi connectivity index (χ4n) is 3.13. The third kappa shape index (κ3) is 3.15. The van der Waals surface area contributed by atoms with E-state index in [1.54, 1.807) is 23.1 Å². The molecule has 0 spiro atoms. The molecule has 1 fully saturated rings. The number of nitrogens with one attached hydrogen (secondary N) is 1. The monoisotopic (exact) mass is 342 g/mol. The van der Waals surface area contributed by atoms with Crippen LogP contribution in [0, 0.1) is 19.8 Å². The van der Waals surface area contributed by atoms with Gasteiger partial charge in [0.2, 0.25) is 11.8 Å². The molecule has 1 aliphatic heterocycles. The van der Waals surface area contributed by atoms with Crippen LogP contribution in [0.3, 0.4) is 0 Å². The van der Waals surface area contributed by atoms with Crippen molar-refractivity contribution in [3.05, 3.63) is 58.6 Å². The molecule has 0 bridgehead atoms. The average molecular weight is 343 g/mol. The Morgan fingerprint density at radius 2 is 1.79 bits per heavy atom. The molecule has 1 atom stereocenters. The van der Waals surface area contributed by atoms with Gasteiger partial charge in [-0.15, -0.1) is 0 Å². The van der Waals surface area contributed by atoms with Crippen molar-refractivity contribution in [2.45, 2.75) is 20.3 Å². The van der Waals surface area contributed by atoms with Gasteiger partial charge in [-0.1, -0.05) is 41.9 Å². The number of amides is 2. The van der Waals surface area contributed by atoms with E-state index in [1.807, 2.05) is 38.1 Å². The Balaban J connectivity index is 1.77. The molecule has 124 valence electrons. The normalized spacial score (nSPS) is 17.2. The number of hydrogen-bond donors (Lipinski definition) is 1. The van der Waals surface area contributed by atoms with E-state index in [0.29, 0.717) is 17.3 Å². The van der Waals surface area contributed by atoms with Crippen molar-refractivity contribution in [1.82, 2.24) is 0 Å². The molecule has 0 aliphatic carbocycles. The van der Waals surface area contributed by atoms with Crippen LogP contribution >= 0.6 is 11.6 Å². The van der Waals surface area contributed by atoms with Crippen LogP contribution in [0.2, 0.25) is 5.02 Å². The number of aryl methyl sites for hydroxylation is 2. The maximum absolute atomic E-state index is 12.5. The number of benzene rings is 2. The van der Waals surface area contributed by atoms with Gasteiger partial charge in [-0.05, 0) is 37.1 Å². The first kappa shape index (κ1) is 16.5. The molecule has 0 radical (unpaired) electrons. The molecule has 2 amide bonds. The molecule has 1 N–H and O–H groups in total. The fourth-order valence-corrected chi connectivity index (χ4v) is 3.31. The standard InChI is InChI=1S/C19H19ClN2O2/c1-12-6-5-7-13(2)18(12)22-11-14(10-17(22)23)19(24)21-16-9-4-3-8-15(16)20/h3-9,14H,10-11H2,1-2H3,(H,21,24)/t14-/m0/s1. The van der Waals surface area contributed by atoms with E-state index < -0.39 is 0 Å². The van der Waals surface area contributed by atoms with Crippen LogP contribution in [0.5, 0.6) is 0 Å². The first-order valence-corrected chi connectivity index (χ1v) is 8.27. The minimum absolute atomic E-state index is 0.0216. The van der Waals surface area contributed by atoms with E-state index in [0.717, 1.165) is 16.8 Å². The van der Waals surface area contributed by atoms with E-state index in [-0.39, 0.29) is 24.2 Å². The van der Waals surface area contributed by atoms with Crippen molar-refractivity contribution in [3.63, 3.8) is 0 Å². The van der Waals surface area contributed by atoms with Crippen molar-refractivity contribution in [2.24, 2.45) is 5.92 Å². The maximum Gasteiger partial charge on any atom is 0.229 e. The van der Waals surface area contributed by atoms with Crippen molar-refractivity contribution < 1.29 is 9.59 Å². The van der Waals surface area contributed by atoms with Crippen molar-refractivity contribution in [3.8, 4) is 0 Å². The number of carbonyl (C=O) groups is 2. The van der Waals surface area contributed by atoms with Crippen LogP contribution in [0.15, 0.2) is 42.5 Å². The molecule has 4 nitrogen and oxygen atoms in total. The number of nitrogens with zero attached hydrogens (tertiary/aromatic N) is 1. The maximum atomic E-state index is 12.5. The van der Waals surface area contributed by atoms with Crippen LogP contribution in [-0.2, 0) is 9.59 Å². The smallest absolute Gasteiger partial charge is 0.229 e. The second-order valence-corrected chi connectivity index (χ2v) is 6.52. The molecule has 0 unspecified atom stereocenters. The second kappa shape index (κ2) is 6.65. The summed E-state index contributed by atoms with van der Waals surface area (Å²) in [6.45, 7) is 4.35. The molecule has 0 saturated carbocycles. The lowest BCUT2D eigenvalue weighted by Gasteiger charge is -2.21. The highest BCUT2D eigenvalue weighted by atomic mass is 35.5. The van der Waals surface area contributed by atoms with Gasteiger partial charge in [0, 0.05) is 18.7 Å². The van der Waals surface area contributed by atoms with Gasteiger partial charge in [-0.3, -0.25) is 9.59 Å². The molecule has 2 aromatic carbocycles. The highest BCUT2D eigenvalue weighted by Gasteiger charge is 2.36. The predicted molar refractivity (Wildman–Crippen MR) is 96.5 cm³/mol. The zero-order valence-electron chi connectivity index (χ0n) is 13.7. The Morgan fingerprint density at radius 3 is 2.46 bits per heavy atom. The van der Waals surface area contributed by atoms with E-state index in [9.17, 15) is 9.59 Å². The van der Waals surface area contributed by atoms with Gasteiger partial charge in [-0.25, -0.2) is 0 Å². The molecule has 2 aromatic rings. The molecule has 24 heavy (non-hydrogen) atoms. The zero-order chi connectivity index (χ0) is 17.3. The van der Waals surface area contributed by atoms with Gasteiger partial charge in [0.25, 0.3) is 0 Å². The number of hydrogen-bond acceptors (Lipinski definition) is 2. The van der Waals surface area contributed by atoms with E-state index in [1.165, 1.54) is 0 Å². The van der Waals surface area contributed by atoms with Gasteiger partial charge in [0.15, 0.2) is 0 Å². The Labute approximate surface area is 146 Å². The minimum Gasteiger partial charge on any atom is -0.324 e. The molecule has 3 rings (SSSR count). The lowest BCUT2D eigenvalue weighted by atomic mass is 10.1. The minimum atomic E-state index is -0.382. The van der Waals surface area contributed by atoms with Crippen molar-refractivity contribution in [2.75, 3.05) is 16.8 Å². The average Bonchev–Trinajstić information content (AvgIpc) is 2.91. The second-order valence-electron chi connectivity index (χ2n) is 6.11. The van der Waals surface area contributed by atoms with Gasteiger partial charge in [0.1, 0.15) is 0 Å². The van der Waals surface area contributed by atoms with Crippen LogP contribution in [0.4, 0.5) is 11.4 Å². The molecule has 1 heterocycles. The third-order valence-corrected chi connectivity index (χ3v) is 4.67. The van der Waals surface area contributed by atoms with Gasteiger partial charge < -0.3 is 10.2 Å². The third-order valence-electron chi connectivity index (χ3n) is 4.34. The van der Waals surface area contributed by atoms with E-state index >= 15 is 0 Å². The number of halogens is 1. The summed E-state index contributed by atoms with van der Waals surface area (Å²) in [7, 11) is 0. The summed E-state index contributed by atoms with van der Waals surface area (Å²) in [5.74, 6) is -0.579. The summed E-state index contributed by atoms with van der Waals surface area (Å²) >= 11 is 6.08. The molecular weight excluding hydrogens is 324 g/mol. The molecule has 1 aliphatic rings. The molecular formula is C19H19ClN2O2. The Morgan fingerprint density at radius 1 is 1.12 bits per heavy atom. The SMILES string of the molecule is Cc1cccc(C)c1N1C[C@@H](C(=O)Nc2ccccc2Cl)CC1=O. The Bertz CT molecular complexity index is 783. The van der Waals surface area contributed by atoms with Gasteiger partial charge in [-0.2, -0.15) is 0 Å². The zero-order valence-corrected chi connectivity index (χ0v) is 14.4. The number of anilines is 2.